The third-order valence-electron chi connectivity index (χ3n) is 2.11. The second-order valence-electron chi connectivity index (χ2n) is 3.22. The molecule has 0 aliphatic carbocycles. The van der Waals surface area contributed by atoms with Gasteiger partial charge in [0.2, 0.25) is 0 Å². The summed E-state index contributed by atoms with van der Waals surface area (Å²) >= 11 is 0. The standard InChI is InChI=1S/C11H13FO2/c1-2-3-4-8-5-10(12)6-9(7-13)11(8)14/h5-7,14H,2-4H2,1H3. The Labute approximate surface area is 82.4 Å². The summed E-state index contributed by atoms with van der Waals surface area (Å²) < 4.78 is 13.0. The van der Waals surface area contributed by atoms with Gasteiger partial charge in [-0.3, -0.25) is 4.79 Å². The Balaban J connectivity index is 3.02. The maximum Gasteiger partial charge on any atom is 0.153 e. The molecule has 0 unspecified atom stereocenters. The number of phenolic OH excluding ortho intramolecular Hbond substituents is 1. The highest BCUT2D eigenvalue weighted by Gasteiger charge is 2.08. The number of aldehydes is 1. The highest BCUT2D eigenvalue weighted by molar-refractivity contribution is 5.79. The van der Waals surface area contributed by atoms with E-state index in [1.165, 1.54) is 6.07 Å². The van der Waals surface area contributed by atoms with Gasteiger partial charge in [0.15, 0.2) is 6.29 Å². The predicted molar refractivity (Wildman–Crippen MR) is 52.1 cm³/mol. The average Bonchev–Trinajstić information content (AvgIpc) is 2.18. The van der Waals surface area contributed by atoms with Gasteiger partial charge in [0, 0.05) is 0 Å². The molecule has 76 valence electrons. The number of benzene rings is 1. The summed E-state index contributed by atoms with van der Waals surface area (Å²) in [6, 6.07) is 2.32. The largest absolute Gasteiger partial charge is 0.507 e. The SMILES string of the molecule is CCCCc1cc(F)cc(C=O)c1O. The Morgan fingerprint density at radius 1 is 1.50 bits per heavy atom. The molecule has 0 radical (unpaired) electrons. The summed E-state index contributed by atoms with van der Waals surface area (Å²) in [6.07, 6.45) is 2.90. The second-order valence-corrected chi connectivity index (χ2v) is 3.22. The van der Waals surface area contributed by atoms with Crippen LogP contribution >= 0.6 is 0 Å². The van der Waals surface area contributed by atoms with E-state index in [1.54, 1.807) is 0 Å². The van der Waals surface area contributed by atoms with E-state index in [2.05, 4.69) is 0 Å². The van der Waals surface area contributed by atoms with Crippen LogP contribution in [-0.4, -0.2) is 11.4 Å². The lowest BCUT2D eigenvalue weighted by molar-refractivity contribution is 0.112. The van der Waals surface area contributed by atoms with Gasteiger partial charge >= 0.3 is 0 Å². The van der Waals surface area contributed by atoms with Crippen molar-refractivity contribution in [3.63, 3.8) is 0 Å². The number of unbranched alkanes of at least 4 members (excludes halogenated alkanes) is 1. The summed E-state index contributed by atoms with van der Waals surface area (Å²) in [5, 5.41) is 9.54. The average molecular weight is 196 g/mol. The zero-order chi connectivity index (χ0) is 10.6. The highest BCUT2D eigenvalue weighted by Crippen LogP contribution is 2.24. The van der Waals surface area contributed by atoms with Crippen molar-refractivity contribution in [2.45, 2.75) is 26.2 Å². The summed E-state index contributed by atoms with van der Waals surface area (Å²) in [4.78, 5) is 10.5. The van der Waals surface area contributed by atoms with E-state index >= 15 is 0 Å². The first-order valence-electron chi connectivity index (χ1n) is 4.65. The molecule has 1 rings (SSSR count). The van der Waals surface area contributed by atoms with Crippen LogP contribution in [0.3, 0.4) is 0 Å². The van der Waals surface area contributed by atoms with Gasteiger partial charge in [-0.2, -0.15) is 0 Å². The van der Waals surface area contributed by atoms with Crippen molar-refractivity contribution in [2.24, 2.45) is 0 Å². The van der Waals surface area contributed by atoms with Crippen LogP contribution in [0.1, 0.15) is 35.7 Å². The molecule has 0 amide bonds. The molecule has 1 N–H and O–H groups in total. The molecular weight excluding hydrogens is 183 g/mol. The maximum atomic E-state index is 13.0. The number of aryl methyl sites for hydroxylation is 1. The van der Waals surface area contributed by atoms with Crippen LogP contribution in [0.2, 0.25) is 0 Å². The van der Waals surface area contributed by atoms with Gasteiger partial charge in [-0.05, 0) is 30.5 Å². The lowest BCUT2D eigenvalue weighted by atomic mass is 10.0. The van der Waals surface area contributed by atoms with E-state index in [1.807, 2.05) is 6.92 Å². The molecule has 3 heteroatoms. The van der Waals surface area contributed by atoms with Crippen LogP contribution in [0.15, 0.2) is 12.1 Å². The number of phenols is 1. The number of hydrogen-bond donors (Lipinski definition) is 1. The Bertz CT molecular complexity index is 334. The predicted octanol–water partition coefficient (Wildman–Crippen LogP) is 2.69. The van der Waals surface area contributed by atoms with Gasteiger partial charge in [0.25, 0.3) is 0 Å². The van der Waals surface area contributed by atoms with Crippen molar-refractivity contribution in [3.8, 4) is 5.75 Å². The topological polar surface area (TPSA) is 37.3 Å². The lowest BCUT2D eigenvalue weighted by Crippen LogP contribution is -1.92. The molecule has 0 heterocycles. The molecule has 0 saturated heterocycles. The van der Waals surface area contributed by atoms with Crippen molar-refractivity contribution in [2.75, 3.05) is 0 Å². The van der Waals surface area contributed by atoms with Crippen LogP contribution in [0, 0.1) is 5.82 Å². The van der Waals surface area contributed by atoms with Gasteiger partial charge in [-0.25, -0.2) is 4.39 Å². The number of aromatic hydroxyl groups is 1. The van der Waals surface area contributed by atoms with Crippen LogP contribution in [0.5, 0.6) is 5.75 Å². The van der Waals surface area contributed by atoms with Crippen LogP contribution in [0.25, 0.3) is 0 Å². The molecular formula is C11H13FO2. The van der Waals surface area contributed by atoms with E-state index in [9.17, 15) is 14.3 Å². The normalized spacial score (nSPS) is 10.1. The third kappa shape index (κ3) is 2.31. The van der Waals surface area contributed by atoms with Gasteiger partial charge in [0.1, 0.15) is 11.6 Å². The van der Waals surface area contributed by atoms with Crippen molar-refractivity contribution in [1.29, 1.82) is 0 Å². The number of carbonyl (C=O) groups is 1. The molecule has 1 aromatic carbocycles. The van der Waals surface area contributed by atoms with E-state index in [0.717, 1.165) is 18.9 Å². The molecule has 2 nitrogen and oxygen atoms in total. The summed E-state index contributed by atoms with van der Waals surface area (Å²) in [5.41, 5.74) is 0.532. The molecule has 0 fully saturated rings. The van der Waals surface area contributed by atoms with Gasteiger partial charge < -0.3 is 5.11 Å². The lowest BCUT2D eigenvalue weighted by Gasteiger charge is -2.05. The summed E-state index contributed by atoms with van der Waals surface area (Å²) in [5.74, 6) is -0.564. The molecule has 0 aliphatic rings. The van der Waals surface area contributed by atoms with E-state index in [-0.39, 0.29) is 11.3 Å². The molecule has 0 atom stereocenters. The Hall–Kier alpha value is -1.38. The second kappa shape index (κ2) is 4.74. The fraction of sp³-hybridized carbons (Fsp3) is 0.364. The minimum Gasteiger partial charge on any atom is -0.507 e. The summed E-state index contributed by atoms with van der Waals surface area (Å²) in [6.45, 7) is 2.01. The smallest absolute Gasteiger partial charge is 0.153 e. The van der Waals surface area contributed by atoms with Gasteiger partial charge in [-0.1, -0.05) is 13.3 Å². The number of carbonyl (C=O) groups excluding carboxylic acids is 1. The Morgan fingerprint density at radius 3 is 2.79 bits per heavy atom. The number of hydrogen-bond acceptors (Lipinski definition) is 2. The first kappa shape index (κ1) is 10.7. The van der Waals surface area contributed by atoms with Crippen molar-refractivity contribution >= 4 is 6.29 Å². The van der Waals surface area contributed by atoms with Crippen molar-refractivity contribution < 1.29 is 14.3 Å². The first-order valence-corrected chi connectivity index (χ1v) is 4.65. The van der Waals surface area contributed by atoms with Crippen molar-refractivity contribution in [3.05, 3.63) is 29.1 Å². The van der Waals surface area contributed by atoms with Crippen molar-refractivity contribution in [1.82, 2.24) is 0 Å². The number of rotatable bonds is 4. The maximum absolute atomic E-state index is 13.0. The minimum absolute atomic E-state index is 0.0242. The van der Waals surface area contributed by atoms with Gasteiger partial charge in [-0.15, -0.1) is 0 Å². The summed E-state index contributed by atoms with van der Waals surface area (Å²) in [7, 11) is 0. The Morgan fingerprint density at radius 2 is 2.21 bits per heavy atom. The van der Waals surface area contributed by atoms with Crippen LogP contribution in [-0.2, 0) is 6.42 Å². The molecule has 1 aromatic rings. The van der Waals surface area contributed by atoms with E-state index < -0.39 is 5.82 Å². The van der Waals surface area contributed by atoms with E-state index in [0.29, 0.717) is 18.3 Å². The van der Waals surface area contributed by atoms with Gasteiger partial charge in [0.05, 0.1) is 5.56 Å². The molecule has 0 aliphatic heterocycles. The quantitative estimate of drug-likeness (QED) is 0.752. The molecule has 0 aromatic heterocycles. The molecule has 0 spiro atoms. The fourth-order valence-corrected chi connectivity index (χ4v) is 1.33. The van der Waals surface area contributed by atoms with Crippen LogP contribution in [0.4, 0.5) is 4.39 Å². The van der Waals surface area contributed by atoms with E-state index in [4.69, 9.17) is 0 Å². The molecule has 0 saturated carbocycles. The fourth-order valence-electron chi connectivity index (χ4n) is 1.33. The molecule has 14 heavy (non-hydrogen) atoms. The highest BCUT2D eigenvalue weighted by atomic mass is 19.1. The van der Waals surface area contributed by atoms with Crippen LogP contribution < -0.4 is 0 Å². The first-order chi connectivity index (χ1) is 6.69. The molecule has 0 bridgehead atoms. The minimum atomic E-state index is -0.476. The zero-order valence-electron chi connectivity index (χ0n) is 8.09. The number of halogens is 1. The zero-order valence-corrected chi connectivity index (χ0v) is 8.09. The third-order valence-corrected chi connectivity index (χ3v) is 2.11. The Kier molecular flexibility index (Phi) is 3.63. The monoisotopic (exact) mass is 196 g/mol.